The summed E-state index contributed by atoms with van der Waals surface area (Å²) in [7, 11) is 0. The highest BCUT2D eigenvalue weighted by atomic mass is 16.3. The number of aromatic hydroxyl groups is 1. The summed E-state index contributed by atoms with van der Waals surface area (Å²) in [6.07, 6.45) is 4.94. The normalized spacial score (nSPS) is 16.0. The van der Waals surface area contributed by atoms with Crippen molar-refractivity contribution in [1.82, 2.24) is 5.32 Å². The molecule has 1 aliphatic rings. The van der Waals surface area contributed by atoms with Crippen LogP contribution < -0.4 is 5.32 Å². The lowest BCUT2D eigenvalue weighted by Gasteiger charge is -2.30. The minimum Gasteiger partial charge on any atom is -0.507 e. The van der Waals surface area contributed by atoms with Crippen LogP contribution in [-0.4, -0.2) is 17.6 Å². The predicted molar refractivity (Wildman–Crippen MR) is 125 cm³/mol. The summed E-state index contributed by atoms with van der Waals surface area (Å²) in [5.74, 6) is 0.120. The number of phenolic OH excluding ortho intramolecular Hbond substituents is 1. The minimum absolute atomic E-state index is 0.0250. The van der Waals surface area contributed by atoms with Crippen LogP contribution in [0.4, 0.5) is 0 Å². The molecule has 3 heteroatoms. The van der Waals surface area contributed by atoms with Gasteiger partial charge in [0.25, 0.3) is 0 Å². The lowest BCUT2D eigenvalue weighted by molar-refractivity contribution is -0.121. The van der Waals surface area contributed by atoms with E-state index in [-0.39, 0.29) is 23.0 Å². The van der Waals surface area contributed by atoms with Gasteiger partial charge < -0.3 is 10.4 Å². The first-order valence-electron chi connectivity index (χ1n) is 11.2. The maximum absolute atomic E-state index is 13.1. The average molecular weight is 414 g/mol. The molecule has 1 amide bonds. The largest absolute Gasteiger partial charge is 0.507 e. The summed E-state index contributed by atoms with van der Waals surface area (Å²) in [5.41, 5.74) is 4.03. The maximum Gasteiger partial charge on any atom is 0.220 e. The average Bonchev–Trinajstić information content (AvgIpc) is 3.30. The molecule has 0 bridgehead atoms. The molecule has 31 heavy (non-hydrogen) atoms. The molecule has 3 aromatic carbocycles. The number of phenols is 1. The van der Waals surface area contributed by atoms with Crippen LogP contribution in [0.3, 0.4) is 0 Å². The zero-order chi connectivity index (χ0) is 21.7. The second kappa shape index (κ2) is 9.38. The molecular weight excluding hydrogens is 382 g/mol. The van der Waals surface area contributed by atoms with E-state index in [1.807, 2.05) is 61.5 Å². The number of hydrogen-bond acceptors (Lipinski definition) is 2. The fourth-order valence-corrected chi connectivity index (χ4v) is 4.99. The Bertz CT molecular complexity index is 1010. The molecule has 1 saturated carbocycles. The van der Waals surface area contributed by atoms with Crippen LogP contribution in [0, 0.1) is 6.92 Å². The molecule has 0 unspecified atom stereocenters. The monoisotopic (exact) mass is 413 g/mol. The summed E-state index contributed by atoms with van der Waals surface area (Å²) in [5, 5.41) is 14.0. The third-order valence-electron chi connectivity index (χ3n) is 6.81. The standard InChI is InChI=1S/C28H31NO2/c1-21-11-10-16-24(27(21)31)25(22-12-4-2-5-13-22)19-26(30)29-20-28(17-8-9-18-28)23-14-6-3-7-15-23/h2-7,10-16,25,31H,8-9,17-20H2,1H3,(H,29,30)/t25-/m1/s1. The van der Waals surface area contributed by atoms with Gasteiger partial charge in [0.15, 0.2) is 0 Å². The zero-order valence-electron chi connectivity index (χ0n) is 18.2. The number of nitrogens with one attached hydrogen (secondary N) is 1. The first kappa shape index (κ1) is 21.2. The van der Waals surface area contributed by atoms with Crippen molar-refractivity contribution >= 4 is 5.91 Å². The van der Waals surface area contributed by atoms with E-state index in [4.69, 9.17) is 0 Å². The van der Waals surface area contributed by atoms with Gasteiger partial charge in [0, 0.05) is 29.9 Å². The molecule has 0 radical (unpaired) electrons. The first-order valence-corrected chi connectivity index (χ1v) is 11.2. The molecule has 2 N–H and O–H groups in total. The smallest absolute Gasteiger partial charge is 0.220 e. The number of aryl methyl sites for hydroxylation is 1. The lowest BCUT2D eigenvalue weighted by Crippen LogP contribution is -2.39. The van der Waals surface area contributed by atoms with Crippen LogP contribution in [-0.2, 0) is 10.2 Å². The van der Waals surface area contributed by atoms with E-state index in [2.05, 4.69) is 29.6 Å². The van der Waals surface area contributed by atoms with Gasteiger partial charge in [-0.2, -0.15) is 0 Å². The van der Waals surface area contributed by atoms with Crippen molar-refractivity contribution in [2.24, 2.45) is 0 Å². The van der Waals surface area contributed by atoms with E-state index in [0.29, 0.717) is 13.0 Å². The molecule has 0 heterocycles. The van der Waals surface area contributed by atoms with Gasteiger partial charge >= 0.3 is 0 Å². The summed E-state index contributed by atoms with van der Waals surface area (Å²) >= 11 is 0. The second-order valence-corrected chi connectivity index (χ2v) is 8.81. The van der Waals surface area contributed by atoms with Gasteiger partial charge in [-0.25, -0.2) is 0 Å². The van der Waals surface area contributed by atoms with Gasteiger partial charge in [-0.15, -0.1) is 0 Å². The Morgan fingerprint density at radius 2 is 1.58 bits per heavy atom. The van der Waals surface area contributed by atoms with Gasteiger partial charge in [0.1, 0.15) is 5.75 Å². The molecule has 160 valence electrons. The topological polar surface area (TPSA) is 49.3 Å². The number of amides is 1. The van der Waals surface area contributed by atoms with Crippen molar-refractivity contribution in [3.8, 4) is 5.75 Å². The van der Waals surface area contributed by atoms with Gasteiger partial charge in [-0.05, 0) is 36.5 Å². The van der Waals surface area contributed by atoms with Crippen LogP contribution in [0.25, 0.3) is 0 Å². The summed E-state index contributed by atoms with van der Waals surface area (Å²) in [6.45, 7) is 2.56. The molecule has 0 saturated heterocycles. The van der Waals surface area contributed by atoms with Crippen LogP contribution in [0.2, 0.25) is 0 Å². The van der Waals surface area contributed by atoms with E-state index in [0.717, 1.165) is 29.5 Å². The van der Waals surface area contributed by atoms with Crippen LogP contribution in [0.15, 0.2) is 78.9 Å². The number of rotatable bonds is 7. The molecule has 1 aliphatic carbocycles. The summed E-state index contributed by atoms with van der Waals surface area (Å²) < 4.78 is 0. The summed E-state index contributed by atoms with van der Waals surface area (Å²) in [6, 6.07) is 26.4. The Hall–Kier alpha value is -3.07. The van der Waals surface area contributed by atoms with E-state index in [1.165, 1.54) is 18.4 Å². The Morgan fingerprint density at radius 3 is 2.26 bits per heavy atom. The van der Waals surface area contributed by atoms with Crippen molar-refractivity contribution in [3.05, 3.63) is 101 Å². The number of carbonyl (C=O) groups is 1. The van der Waals surface area contributed by atoms with Crippen molar-refractivity contribution in [3.63, 3.8) is 0 Å². The molecule has 0 spiro atoms. The quantitative estimate of drug-likeness (QED) is 0.510. The van der Waals surface area contributed by atoms with E-state index in [1.54, 1.807) is 0 Å². The highest BCUT2D eigenvalue weighted by molar-refractivity contribution is 5.78. The first-order chi connectivity index (χ1) is 15.1. The van der Waals surface area contributed by atoms with E-state index >= 15 is 0 Å². The minimum atomic E-state index is -0.183. The van der Waals surface area contributed by atoms with Crippen molar-refractivity contribution in [1.29, 1.82) is 0 Å². The Kier molecular flexibility index (Phi) is 6.41. The number of para-hydroxylation sites is 1. The molecule has 3 nitrogen and oxygen atoms in total. The molecule has 0 aromatic heterocycles. The Labute approximate surface area is 185 Å². The van der Waals surface area contributed by atoms with E-state index in [9.17, 15) is 9.90 Å². The second-order valence-electron chi connectivity index (χ2n) is 8.81. The van der Waals surface area contributed by atoms with Gasteiger partial charge in [-0.3, -0.25) is 4.79 Å². The third-order valence-corrected chi connectivity index (χ3v) is 6.81. The van der Waals surface area contributed by atoms with Gasteiger partial charge in [0.2, 0.25) is 5.91 Å². The molecule has 3 aromatic rings. The van der Waals surface area contributed by atoms with Gasteiger partial charge in [0.05, 0.1) is 0 Å². The maximum atomic E-state index is 13.1. The molecule has 1 fully saturated rings. The number of hydrogen-bond donors (Lipinski definition) is 2. The van der Waals surface area contributed by atoms with E-state index < -0.39 is 0 Å². The fourth-order valence-electron chi connectivity index (χ4n) is 4.99. The molecular formula is C28H31NO2. The lowest BCUT2D eigenvalue weighted by atomic mass is 9.78. The Morgan fingerprint density at radius 1 is 0.935 bits per heavy atom. The third kappa shape index (κ3) is 4.66. The molecule has 0 aliphatic heterocycles. The van der Waals surface area contributed by atoms with Crippen LogP contribution in [0.1, 0.15) is 60.3 Å². The van der Waals surface area contributed by atoms with Crippen molar-refractivity contribution in [2.45, 2.75) is 50.4 Å². The SMILES string of the molecule is Cc1cccc([C@H](CC(=O)NCC2(c3ccccc3)CCCC2)c2ccccc2)c1O. The van der Waals surface area contributed by atoms with Crippen molar-refractivity contribution < 1.29 is 9.90 Å². The molecule has 1 atom stereocenters. The van der Waals surface area contributed by atoms with Crippen LogP contribution >= 0.6 is 0 Å². The summed E-state index contributed by atoms with van der Waals surface area (Å²) in [4.78, 5) is 13.1. The number of carbonyl (C=O) groups excluding carboxylic acids is 1. The highest BCUT2D eigenvalue weighted by Gasteiger charge is 2.36. The fraction of sp³-hybridized carbons (Fsp3) is 0.321. The zero-order valence-corrected chi connectivity index (χ0v) is 18.2. The van der Waals surface area contributed by atoms with Gasteiger partial charge in [-0.1, -0.05) is 91.7 Å². The Balaban J connectivity index is 1.54. The number of benzene rings is 3. The van der Waals surface area contributed by atoms with Crippen LogP contribution in [0.5, 0.6) is 5.75 Å². The molecule has 4 rings (SSSR count). The van der Waals surface area contributed by atoms with Crippen molar-refractivity contribution in [2.75, 3.05) is 6.54 Å². The predicted octanol–water partition coefficient (Wildman–Crippen LogP) is 5.85. The highest BCUT2D eigenvalue weighted by Crippen LogP contribution is 2.41.